The van der Waals surface area contributed by atoms with E-state index in [1.165, 1.54) is 111 Å². The molecule has 2 heteroatoms. The molecule has 0 fully saturated rings. The number of benzene rings is 14. The van der Waals surface area contributed by atoms with Gasteiger partial charge in [-0.2, -0.15) is 0 Å². The highest BCUT2D eigenvalue weighted by atomic mass is 15.2. The first kappa shape index (κ1) is 48.1. The third-order valence-corrected chi connectivity index (χ3v) is 17.5. The molecule has 0 unspecified atom stereocenters. The lowest BCUT2D eigenvalue weighted by Crippen LogP contribution is -2.26. The molecule has 0 heterocycles. The van der Waals surface area contributed by atoms with Crippen LogP contribution in [0.3, 0.4) is 0 Å². The van der Waals surface area contributed by atoms with Crippen LogP contribution in [0.2, 0.25) is 0 Å². The zero-order chi connectivity index (χ0) is 54.8. The zero-order valence-electron chi connectivity index (χ0n) is 45.6. The SMILES string of the molecule is c1ccc(-c2ccc(N(c3ccc(-c4ccccc4)cc3)c3ccc(-c4ccc(N(c5ccc(-c6ccccc6)cc5)c5cccc6c5-c5ccccc5C65c6ccccc6-c6ccccc65)c5ccccc45)c4ccccc34)cc2)cc1. The Hall–Kier alpha value is -10.8. The van der Waals surface area contributed by atoms with Gasteiger partial charge in [-0.05, 0) is 149 Å². The van der Waals surface area contributed by atoms with Gasteiger partial charge in [0.15, 0.2) is 0 Å². The lowest BCUT2D eigenvalue weighted by Gasteiger charge is -2.32. The van der Waals surface area contributed by atoms with Crippen LogP contribution in [0.25, 0.3) is 88.3 Å². The molecule has 0 N–H and O–H groups in total. The molecule has 83 heavy (non-hydrogen) atoms. The standard InChI is InChI=1S/C81H54N2/c1-4-21-55(22-5-1)58-39-45-61(46-40-58)82(62-47-41-59(42-48-62)56-23-6-2-7-24-56)77-53-51-66(64-27-10-12-31-70(64)77)67-52-54-78(71-32-13-11-28-65(67)71)83(63-49-43-60(44-50-63)57-25-8-3-9-26-57)79-38-20-37-76-80(79)72-33-16-19-36-75(72)81(76)73-34-17-14-29-68(73)69-30-15-18-35-74(69)81/h1-54H. The van der Waals surface area contributed by atoms with Crippen LogP contribution in [0, 0.1) is 0 Å². The maximum Gasteiger partial charge on any atom is 0.0726 e. The second-order valence-corrected chi connectivity index (χ2v) is 21.9. The van der Waals surface area contributed by atoms with Crippen LogP contribution >= 0.6 is 0 Å². The molecule has 0 saturated carbocycles. The maximum atomic E-state index is 2.54. The number of hydrogen-bond donors (Lipinski definition) is 0. The lowest BCUT2D eigenvalue weighted by molar-refractivity contribution is 0.794. The van der Waals surface area contributed by atoms with Crippen LogP contribution in [-0.2, 0) is 5.41 Å². The summed E-state index contributed by atoms with van der Waals surface area (Å²) in [6.07, 6.45) is 0. The van der Waals surface area contributed by atoms with Crippen molar-refractivity contribution in [2.24, 2.45) is 0 Å². The van der Waals surface area contributed by atoms with Crippen LogP contribution in [-0.4, -0.2) is 0 Å². The minimum atomic E-state index is -0.482. The van der Waals surface area contributed by atoms with Crippen molar-refractivity contribution in [3.63, 3.8) is 0 Å². The van der Waals surface area contributed by atoms with Crippen molar-refractivity contribution in [3.8, 4) is 66.8 Å². The van der Waals surface area contributed by atoms with Crippen LogP contribution in [0.4, 0.5) is 34.1 Å². The minimum Gasteiger partial charge on any atom is -0.310 e. The van der Waals surface area contributed by atoms with Crippen molar-refractivity contribution >= 4 is 55.7 Å². The van der Waals surface area contributed by atoms with Gasteiger partial charge in [-0.3, -0.25) is 0 Å². The minimum absolute atomic E-state index is 0.482. The number of anilines is 6. The van der Waals surface area contributed by atoms with Gasteiger partial charge in [0, 0.05) is 33.4 Å². The Kier molecular flexibility index (Phi) is 11.5. The Morgan fingerprint density at radius 3 is 0.952 bits per heavy atom. The van der Waals surface area contributed by atoms with Crippen LogP contribution in [0.15, 0.2) is 328 Å². The molecule has 0 saturated heterocycles. The number of rotatable bonds is 10. The first-order chi connectivity index (χ1) is 41.2. The van der Waals surface area contributed by atoms with Crippen LogP contribution in [0.5, 0.6) is 0 Å². The van der Waals surface area contributed by atoms with Gasteiger partial charge in [-0.1, -0.05) is 273 Å². The molecule has 2 nitrogen and oxygen atoms in total. The van der Waals surface area contributed by atoms with Crippen molar-refractivity contribution in [2.45, 2.75) is 5.41 Å². The van der Waals surface area contributed by atoms with E-state index in [2.05, 4.69) is 337 Å². The molecular weight excluding hydrogens is 1000 g/mol. The van der Waals surface area contributed by atoms with Crippen molar-refractivity contribution in [2.75, 3.05) is 9.80 Å². The number of nitrogens with zero attached hydrogens (tertiary/aromatic N) is 2. The van der Waals surface area contributed by atoms with Crippen LogP contribution in [0.1, 0.15) is 22.3 Å². The molecule has 14 aromatic rings. The van der Waals surface area contributed by atoms with E-state index in [-0.39, 0.29) is 0 Å². The fraction of sp³-hybridized carbons (Fsp3) is 0.0123. The smallest absolute Gasteiger partial charge is 0.0726 e. The second kappa shape index (κ2) is 19.8. The van der Waals surface area contributed by atoms with Gasteiger partial charge in [-0.15, -0.1) is 0 Å². The Labute approximate surface area is 484 Å². The summed E-state index contributed by atoms with van der Waals surface area (Å²) in [5, 5.41) is 4.70. The average Bonchev–Trinajstić information content (AvgIpc) is 2.04. The van der Waals surface area contributed by atoms with Crippen molar-refractivity contribution in [3.05, 3.63) is 350 Å². The molecule has 2 aliphatic rings. The number of hydrogen-bond acceptors (Lipinski definition) is 2. The predicted octanol–water partition coefficient (Wildman–Crippen LogP) is 21.9. The second-order valence-electron chi connectivity index (χ2n) is 21.9. The fourth-order valence-electron chi connectivity index (χ4n) is 13.9. The summed E-state index contributed by atoms with van der Waals surface area (Å²) in [5.41, 5.74) is 26.0. The molecule has 0 atom stereocenters. The quantitative estimate of drug-likeness (QED) is 0.135. The van der Waals surface area contributed by atoms with E-state index in [1.54, 1.807) is 0 Å². The predicted molar refractivity (Wildman–Crippen MR) is 349 cm³/mol. The van der Waals surface area contributed by atoms with E-state index in [1.807, 2.05) is 0 Å². The monoisotopic (exact) mass is 1050 g/mol. The highest BCUT2D eigenvalue weighted by molar-refractivity contribution is 6.14. The topological polar surface area (TPSA) is 6.48 Å². The summed E-state index contributed by atoms with van der Waals surface area (Å²) in [6, 6.07) is 121. The highest BCUT2D eigenvalue weighted by Crippen LogP contribution is 2.65. The molecule has 0 aliphatic heterocycles. The summed E-state index contributed by atoms with van der Waals surface area (Å²) >= 11 is 0. The molecule has 14 aromatic carbocycles. The summed E-state index contributed by atoms with van der Waals surface area (Å²) in [5.74, 6) is 0. The first-order valence-corrected chi connectivity index (χ1v) is 28.7. The normalized spacial score (nSPS) is 12.4. The van der Waals surface area contributed by atoms with E-state index in [0.29, 0.717) is 0 Å². The Balaban J connectivity index is 0.878. The van der Waals surface area contributed by atoms with Crippen LogP contribution < -0.4 is 9.80 Å². The molecule has 388 valence electrons. The summed E-state index contributed by atoms with van der Waals surface area (Å²) in [7, 11) is 0. The van der Waals surface area contributed by atoms with Gasteiger partial charge >= 0.3 is 0 Å². The average molecular weight is 1060 g/mol. The largest absolute Gasteiger partial charge is 0.310 e. The van der Waals surface area contributed by atoms with E-state index in [0.717, 1.165) is 34.1 Å². The van der Waals surface area contributed by atoms with Gasteiger partial charge in [-0.25, -0.2) is 0 Å². The molecular formula is C81H54N2. The van der Waals surface area contributed by atoms with Gasteiger partial charge in [0.2, 0.25) is 0 Å². The Morgan fingerprint density at radius 1 is 0.181 bits per heavy atom. The molecule has 0 aromatic heterocycles. The lowest BCUT2D eigenvalue weighted by atomic mass is 9.70. The molecule has 1 spiro atoms. The summed E-state index contributed by atoms with van der Waals surface area (Å²) in [6.45, 7) is 0. The first-order valence-electron chi connectivity index (χ1n) is 28.7. The Morgan fingerprint density at radius 2 is 0.506 bits per heavy atom. The van der Waals surface area contributed by atoms with E-state index in [9.17, 15) is 0 Å². The summed E-state index contributed by atoms with van der Waals surface area (Å²) in [4.78, 5) is 4.95. The molecule has 0 amide bonds. The third kappa shape index (κ3) is 7.72. The summed E-state index contributed by atoms with van der Waals surface area (Å²) < 4.78 is 0. The van der Waals surface area contributed by atoms with Crippen molar-refractivity contribution < 1.29 is 0 Å². The maximum absolute atomic E-state index is 2.54. The molecule has 2 aliphatic carbocycles. The van der Waals surface area contributed by atoms with Crippen molar-refractivity contribution in [1.29, 1.82) is 0 Å². The Bertz CT molecular complexity index is 4630. The van der Waals surface area contributed by atoms with E-state index < -0.39 is 5.41 Å². The molecule has 16 rings (SSSR count). The van der Waals surface area contributed by atoms with Gasteiger partial charge in [0.05, 0.1) is 22.5 Å². The molecule has 0 bridgehead atoms. The zero-order valence-corrected chi connectivity index (χ0v) is 45.6. The van der Waals surface area contributed by atoms with E-state index >= 15 is 0 Å². The van der Waals surface area contributed by atoms with Crippen molar-refractivity contribution in [1.82, 2.24) is 0 Å². The number of fused-ring (bicyclic) bond motifs is 12. The van der Waals surface area contributed by atoms with Gasteiger partial charge in [0.25, 0.3) is 0 Å². The molecule has 0 radical (unpaired) electrons. The highest BCUT2D eigenvalue weighted by Gasteiger charge is 2.52. The van der Waals surface area contributed by atoms with Gasteiger partial charge < -0.3 is 9.80 Å². The van der Waals surface area contributed by atoms with Gasteiger partial charge in [0.1, 0.15) is 0 Å². The van der Waals surface area contributed by atoms with E-state index in [4.69, 9.17) is 0 Å². The fourth-order valence-corrected chi connectivity index (χ4v) is 13.9. The third-order valence-electron chi connectivity index (χ3n) is 17.5.